The molecule has 0 aromatic heterocycles. The number of nitrogens with zero attached hydrogens (tertiary/aromatic N) is 2. The monoisotopic (exact) mass is 468 g/mol. The first kappa shape index (κ1) is 21.9. The zero-order chi connectivity index (χ0) is 17.9. The molecule has 0 spiro atoms. The lowest BCUT2D eigenvalue weighted by molar-refractivity contribution is -0.118. The summed E-state index contributed by atoms with van der Waals surface area (Å²) < 4.78 is 0. The van der Waals surface area contributed by atoms with Crippen LogP contribution in [-0.4, -0.2) is 57.7 Å². The molecular weight excluding hydrogens is 440 g/mol. The summed E-state index contributed by atoms with van der Waals surface area (Å²) in [7, 11) is 0. The molecule has 24 heavy (non-hydrogen) atoms. The molecule has 1 aliphatic rings. The first-order valence-corrected chi connectivity index (χ1v) is 10.5. The Hall–Kier alpha value is -0.180. The molecule has 0 aliphatic carbocycles. The van der Waals surface area contributed by atoms with Crippen LogP contribution in [0.3, 0.4) is 0 Å². The van der Waals surface area contributed by atoms with Crippen LogP contribution in [-0.2, 0) is 9.59 Å². The van der Waals surface area contributed by atoms with E-state index in [-0.39, 0.29) is 21.5 Å². The van der Waals surface area contributed by atoms with Gasteiger partial charge in [-0.3, -0.25) is 19.4 Å². The fourth-order valence-corrected chi connectivity index (χ4v) is 3.41. The van der Waals surface area contributed by atoms with Gasteiger partial charge >= 0.3 is 0 Å². The van der Waals surface area contributed by atoms with Gasteiger partial charge in [0.15, 0.2) is 0 Å². The van der Waals surface area contributed by atoms with E-state index in [9.17, 15) is 9.59 Å². The number of rotatable bonds is 14. The van der Waals surface area contributed by atoms with Crippen molar-refractivity contribution in [3.05, 3.63) is 0 Å². The van der Waals surface area contributed by atoms with Crippen LogP contribution in [0, 0.1) is 0 Å². The van der Waals surface area contributed by atoms with Gasteiger partial charge in [0, 0.05) is 13.1 Å². The van der Waals surface area contributed by atoms with E-state index < -0.39 is 0 Å². The Bertz CT molecular complexity index is 358. The molecule has 1 fully saturated rings. The molecule has 0 saturated carbocycles. The van der Waals surface area contributed by atoms with E-state index in [4.69, 9.17) is 11.5 Å². The first-order chi connectivity index (χ1) is 11.4. The molecule has 1 rings (SSSR count). The Morgan fingerprint density at radius 3 is 1.46 bits per heavy atom. The summed E-state index contributed by atoms with van der Waals surface area (Å²) in [5.41, 5.74) is 10.4. The third-order valence-electron chi connectivity index (χ3n) is 4.28. The smallest absolute Gasteiger partial charge is 0.231 e. The van der Waals surface area contributed by atoms with Crippen LogP contribution in [0.15, 0.2) is 0 Å². The highest BCUT2D eigenvalue weighted by Crippen LogP contribution is 2.15. The molecule has 1 aliphatic heterocycles. The number of carbonyl (C=O) groups is 2. The minimum absolute atomic E-state index is 0.181. The third kappa shape index (κ3) is 9.34. The van der Waals surface area contributed by atoms with Gasteiger partial charge in [-0.2, -0.15) is 0 Å². The van der Waals surface area contributed by atoms with Gasteiger partial charge in [0.05, 0.1) is 23.0 Å². The molecule has 2 amide bonds. The zero-order valence-corrected chi connectivity index (χ0v) is 17.4. The van der Waals surface area contributed by atoms with Gasteiger partial charge in [0.1, 0.15) is 0 Å². The van der Waals surface area contributed by atoms with Gasteiger partial charge in [0.2, 0.25) is 11.8 Å². The maximum absolute atomic E-state index is 10.9. The average Bonchev–Trinajstić information content (AvgIpc) is 2.49. The fourth-order valence-electron chi connectivity index (χ4n) is 2.76. The third-order valence-corrected chi connectivity index (χ3v) is 6.10. The van der Waals surface area contributed by atoms with Gasteiger partial charge in [-0.15, -0.1) is 0 Å². The lowest BCUT2D eigenvalue weighted by atomic mass is 10.1. The summed E-state index contributed by atoms with van der Waals surface area (Å²) in [5.74, 6) is -0.538. The molecule has 1 saturated heterocycles. The summed E-state index contributed by atoms with van der Waals surface area (Å²) >= 11 is 6.58. The summed E-state index contributed by atoms with van der Waals surface area (Å²) in [6.07, 6.45) is 8.35. The van der Waals surface area contributed by atoms with Crippen LogP contribution in [0.25, 0.3) is 0 Å². The predicted octanol–water partition coefficient (Wildman–Crippen LogP) is 2.14. The van der Waals surface area contributed by atoms with Gasteiger partial charge in [-0.05, 0) is 25.7 Å². The Morgan fingerprint density at radius 1 is 0.750 bits per heavy atom. The number of hydrogen-bond donors (Lipinski definition) is 2. The van der Waals surface area contributed by atoms with Crippen molar-refractivity contribution in [2.45, 2.75) is 61.0 Å². The van der Waals surface area contributed by atoms with Crippen molar-refractivity contribution in [3.63, 3.8) is 0 Å². The van der Waals surface area contributed by atoms with E-state index in [2.05, 4.69) is 41.7 Å². The highest BCUT2D eigenvalue weighted by molar-refractivity contribution is 9.10. The number of nitrogens with two attached hydrogens (primary N) is 2. The molecule has 2 unspecified atom stereocenters. The second-order valence-electron chi connectivity index (χ2n) is 6.51. The molecule has 0 bridgehead atoms. The van der Waals surface area contributed by atoms with Crippen LogP contribution in [0.1, 0.15) is 51.4 Å². The Morgan fingerprint density at radius 2 is 1.12 bits per heavy atom. The Labute approximate surface area is 161 Å². The molecule has 0 aromatic rings. The van der Waals surface area contributed by atoms with E-state index in [1.807, 2.05) is 0 Å². The highest BCUT2D eigenvalue weighted by Gasteiger charge is 2.22. The average molecular weight is 470 g/mol. The Kier molecular flexibility index (Phi) is 11.1. The van der Waals surface area contributed by atoms with Gasteiger partial charge < -0.3 is 11.5 Å². The van der Waals surface area contributed by atoms with Crippen molar-refractivity contribution in [2.75, 3.05) is 26.4 Å². The standard InChI is InChI=1S/C16H30Br2N4O2/c17-13(15(19)23)7-3-1-5-9-21-11-22(12-21)10-6-2-4-8-14(18)16(20)24/h13-14H,1-12H2,(H2,19,23)(H2,20,24). The van der Waals surface area contributed by atoms with Crippen LogP contribution in [0.5, 0.6) is 0 Å². The van der Waals surface area contributed by atoms with Crippen LogP contribution < -0.4 is 11.5 Å². The lowest BCUT2D eigenvalue weighted by Gasteiger charge is -2.42. The number of alkyl halides is 2. The number of primary amides is 2. The lowest BCUT2D eigenvalue weighted by Crippen LogP contribution is -2.55. The SMILES string of the molecule is NC(=O)C(Br)CCCCCN1CN(CCCCCC(Br)C(N)=O)C1. The number of hydrogen-bond acceptors (Lipinski definition) is 4. The molecule has 4 N–H and O–H groups in total. The second kappa shape index (κ2) is 12.2. The minimum Gasteiger partial charge on any atom is -0.369 e. The van der Waals surface area contributed by atoms with Crippen molar-refractivity contribution in [1.29, 1.82) is 0 Å². The van der Waals surface area contributed by atoms with E-state index >= 15 is 0 Å². The van der Waals surface area contributed by atoms with Crippen molar-refractivity contribution < 1.29 is 9.59 Å². The van der Waals surface area contributed by atoms with E-state index in [1.165, 1.54) is 12.8 Å². The highest BCUT2D eigenvalue weighted by atomic mass is 79.9. The van der Waals surface area contributed by atoms with Crippen LogP contribution in [0.2, 0.25) is 0 Å². The molecule has 8 heteroatoms. The molecule has 0 radical (unpaired) electrons. The molecular formula is C16H30Br2N4O2. The van der Waals surface area contributed by atoms with Gasteiger partial charge in [0.25, 0.3) is 0 Å². The molecule has 1 heterocycles. The minimum atomic E-state index is -0.269. The van der Waals surface area contributed by atoms with E-state index in [0.29, 0.717) is 0 Å². The maximum atomic E-state index is 10.9. The first-order valence-electron chi connectivity index (χ1n) is 8.71. The Balaban J connectivity index is 1.87. The van der Waals surface area contributed by atoms with Crippen LogP contribution in [0.4, 0.5) is 0 Å². The maximum Gasteiger partial charge on any atom is 0.231 e. The summed E-state index contributed by atoms with van der Waals surface area (Å²) in [4.78, 5) is 26.3. The fraction of sp³-hybridized carbons (Fsp3) is 0.875. The van der Waals surface area contributed by atoms with Gasteiger partial charge in [-0.25, -0.2) is 0 Å². The summed E-state index contributed by atoms with van der Waals surface area (Å²) in [5, 5.41) is 0. The van der Waals surface area contributed by atoms with Crippen LogP contribution >= 0.6 is 31.9 Å². The molecule has 2 atom stereocenters. The van der Waals surface area contributed by atoms with Crippen molar-refractivity contribution in [2.24, 2.45) is 11.5 Å². The van der Waals surface area contributed by atoms with E-state index in [1.54, 1.807) is 0 Å². The molecule has 0 aromatic carbocycles. The summed E-state index contributed by atoms with van der Waals surface area (Å²) in [6.45, 7) is 4.38. The quantitative estimate of drug-likeness (QED) is 0.301. The predicted molar refractivity (Wildman–Crippen MR) is 104 cm³/mol. The molecule has 6 nitrogen and oxygen atoms in total. The van der Waals surface area contributed by atoms with E-state index in [0.717, 1.165) is 65.0 Å². The number of halogens is 2. The largest absolute Gasteiger partial charge is 0.369 e. The van der Waals surface area contributed by atoms with Gasteiger partial charge in [-0.1, -0.05) is 57.5 Å². The van der Waals surface area contributed by atoms with Crippen molar-refractivity contribution in [3.8, 4) is 0 Å². The second-order valence-corrected chi connectivity index (χ2v) is 8.72. The number of carbonyl (C=O) groups excluding carboxylic acids is 2. The normalized spacial score (nSPS) is 18.1. The number of unbranched alkanes of at least 4 members (excludes halogenated alkanes) is 4. The van der Waals surface area contributed by atoms with Crippen molar-refractivity contribution in [1.82, 2.24) is 9.80 Å². The topological polar surface area (TPSA) is 92.7 Å². The van der Waals surface area contributed by atoms with Crippen molar-refractivity contribution >= 4 is 43.7 Å². The number of amides is 2. The summed E-state index contributed by atoms with van der Waals surface area (Å²) in [6, 6.07) is 0. The zero-order valence-electron chi connectivity index (χ0n) is 14.3. The molecule has 140 valence electrons.